The molecule has 0 saturated carbocycles. The van der Waals surface area contributed by atoms with Crippen LogP contribution in [0.15, 0.2) is 12.7 Å². The van der Waals surface area contributed by atoms with Crippen molar-refractivity contribution in [2.75, 3.05) is 0 Å². The summed E-state index contributed by atoms with van der Waals surface area (Å²) in [5.41, 5.74) is 0. The number of aliphatic carboxylic acids is 1. The molecule has 36 valence electrons. The zero-order chi connectivity index (χ0) is 4.28. The summed E-state index contributed by atoms with van der Waals surface area (Å²) in [6, 6.07) is 0. The van der Waals surface area contributed by atoms with Crippen LogP contribution in [0.4, 0.5) is 0 Å². The molecule has 0 spiro atoms. The summed E-state index contributed by atoms with van der Waals surface area (Å²) in [6.07, 6.45) is 0.833. The fourth-order valence-corrected chi connectivity index (χ4v) is 0. The Morgan fingerprint density at radius 2 is 2.00 bits per heavy atom. The fraction of sp³-hybridized carbons (Fsp3) is 0. The van der Waals surface area contributed by atoms with E-state index >= 15 is 0 Å². The summed E-state index contributed by atoms with van der Waals surface area (Å²) < 4.78 is 0. The lowest BCUT2D eigenvalue weighted by Crippen LogP contribution is -1.82. The largest absolute Gasteiger partial charge is 0.478 e. The Morgan fingerprint density at radius 1 is 1.83 bits per heavy atom. The van der Waals surface area contributed by atoms with Gasteiger partial charge in [-0.15, -0.1) is 0 Å². The van der Waals surface area contributed by atoms with E-state index in [0.717, 1.165) is 6.08 Å². The monoisotopic (exact) mass is 106 g/mol. The number of carboxylic acid groups (broad SMARTS) is 1. The Morgan fingerprint density at radius 3 is 2.00 bits per heavy atom. The van der Waals surface area contributed by atoms with Gasteiger partial charge in [0.05, 0.1) is 0 Å². The second-order valence-electron chi connectivity index (χ2n) is 0.542. The molecule has 0 aliphatic rings. The van der Waals surface area contributed by atoms with Crippen molar-refractivity contribution in [2.45, 2.75) is 0 Å². The average Bonchev–Trinajstić information content (AvgIpc) is 1.38. The molecule has 1 atom stereocenters. The lowest BCUT2D eigenvalue weighted by atomic mass is 10.7. The van der Waals surface area contributed by atoms with Gasteiger partial charge in [0, 0.05) is 6.08 Å². The molecule has 0 aliphatic carbocycles. The molecule has 0 aromatic carbocycles. The van der Waals surface area contributed by atoms with Crippen molar-refractivity contribution in [3.8, 4) is 0 Å². The van der Waals surface area contributed by atoms with Crippen LogP contribution in [0, 0.1) is 0 Å². The summed E-state index contributed by atoms with van der Waals surface area (Å²) in [6.45, 7) is 2.96. The second kappa shape index (κ2) is 4.64. The molecule has 0 aromatic heterocycles. The lowest BCUT2D eigenvalue weighted by molar-refractivity contribution is -0.131. The van der Waals surface area contributed by atoms with E-state index in [-0.39, 0.29) is 9.90 Å². The number of rotatable bonds is 1. The molecule has 0 bridgehead atoms. The zero-order valence-electron chi connectivity index (χ0n) is 3.35. The van der Waals surface area contributed by atoms with Crippen molar-refractivity contribution < 1.29 is 9.90 Å². The topological polar surface area (TPSA) is 37.3 Å². The first kappa shape index (κ1) is 9.16. The van der Waals surface area contributed by atoms with Gasteiger partial charge >= 0.3 is 5.97 Å². The highest BCUT2D eigenvalue weighted by Gasteiger charge is 1.73. The second-order valence-corrected chi connectivity index (χ2v) is 0.542. The van der Waals surface area contributed by atoms with E-state index in [1.165, 1.54) is 0 Å². The average molecular weight is 106 g/mol. The summed E-state index contributed by atoms with van der Waals surface area (Å²) in [7, 11) is 0. The smallest absolute Gasteiger partial charge is 0.327 e. The third-order valence-corrected chi connectivity index (χ3v) is 0.175. The molecule has 0 radical (unpaired) electrons. The van der Waals surface area contributed by atoms with Crippen LogP contribution in [0.3, 0.4) is 0 Å². The van der Waals surface area contributed by atoms with E-state index in [9.17, 15) is 4.79 Å². The third-order valence-electron chi connectivity index (χ3n) is 0.175. The minimum atomic E-state index is -0.981. The maximum absolute atomic E-state index is 9.25. The van der Waals surface area contributed by atoms with Crippen LogP contribution in [0.25, 0.3) is 0 Å². The first-order valence-corrected chi connectivity index (χ1v) is 1.12. The Labute approximate surface area is 39.5 Å². The summed E-state index contributed by atoms with van der Waals surface area (Å²) >= 11 is 0. The Kier molecular flexibility index (Phi) is 7.09. The summed E-state index contributed by atoms with van der Waals surface area (Å²) in [4.78, 5) is 9.25. The number of hydrogen-bond donors (Lipinski definition) is 1. The van der Waals surface area contributed by atoms with Crippen molar-refractivity contribution in [1.82, 2.24) is 0 Å². The van der Waals surface area contributed by atoms with Crippen LogP contribution in [-0.2, 0) is 4.79 Å². The standard InChI is InChI=1S/C3H4O2.H3P/c1-2-3(4)5;/h2H,1H2,(H,4,5);1H3. The third kappa shape index (κ3) is 9.43. The van der Waals surface area contributed by atoms with Gasteiger partial charge in [-0.25, -0.2) is 4.79 Å². The molecular weight excluding hydrogens is 99.0 g/mol. The maximum Gasteiger partial charge on any atom is 0.327 e. The van der Waals surface area contributed by atoms with E-state index in [0.29, 0.717) is 0 Å². The summed E-state index contributed by atoms with van der Waals surface area (Å²) in [5.74, 6) is -0.981. The van der Waals surface area contributed by atoms with E-state index in [4.69, 9.17) is 5.11 Å². The fourth-order valence-electron chi connectivity index (χ4n) is 0. The Balaban J connectivity index is 0. The van der Waals surface area contributed by atoms with Crippen LogP contribution in [0.5, 0.6) is 0 Å². The van der Waals surface area contributed by atoms with Gasteiger partial charge < -0.3 is 5.11 Å². The van der Waals surface area contributed by atoms with Gasteiger partial charge in [0.15, 0.2) is 0 Å². The van der Waals surface area contributed by atoms with Gasteiger partial charge in [-0.2, -0.15) is 9.90 Å². The lowest BCUT2D eigenvalue weighted by Gasteiger charge is -1.64. The number of carboxylic acids is 1. The van der Waals surface area contributed by atoms with Crippen LogP contribution in [0.2, 0.25) is 0 Å². The normalized spacial score (nSPS) is 5.33. The highest BCUT2D eigenvalue weighted by molar-refractivity contribution is 6.92. The van der Waals surface area contributed by atoms with Crippen LogP contribution in [0.1, 0.15) is 0 Å². The molecule has 1 N–H and O–H groups in total. The van der Waals surface area contributed by atoms with E-state index in [1.807, 2.05) is 0 Å². The minimum absolute atomic E-state index is 0. The molecule has 0 heterocycles. The van der Waals surface area contributed by atoms with Crippen molar-refractivity contribution in [3.63, 3.8) is 0 Å². The Hall–Kier alpha value is -0.360. The molecule has 1 unspecified atom stereocenters. The first-order valence-electron chi connectivity index (χ1n) is 1.12. The van der Waals surface area contributed by atoms with Gasteiger partial charge in [-0.05, 0) is 0 Å². The van der Waals surface area contributed by atoms with Crippen molar-refractivity contribution in [3.05, 3.63) is 12.7 Å². The highest BCUT2D eigenvalue weighted by Crippen LogP contribution is 1.54. The number of carbonyl (C=O) groups is 1. The molecule has 0 fully saturated rings. The summed E-state index contributed by atoms with van der Waals surface area (Å²) in [5, 5.41) is 7.60. The molecule has 0 aromatic rings. The maximum atomic E-state index is 9.25. The Bertz CT molecular complexity index is 59.8. The van der Waals surface area contributed by atoms with E-state index < -0.39 is 5.97 Å². The quantitative estimate of drug-likeness (QED) is 0.386. The van der Waals surface area contributed by atoms with Gasteiger partial charge in [-0.1, -0.05) is 6.58 Å². The SMILES string of the molecule is C=CC(=O)O.P. The van der Waals surface area contributed by atoms with Crippen molar-refractivity contribution in [1.29, 1.82) is 0 Å². The van der Waals surface area contributed by atoms with Crippen LogP contribution in [-0.4, -0.2) is 11.1 Å². The molecule has 0 aliphatic heterocycles. The van der Waals surface area contributed by atoms with Gasteiger partial charge in [0.25, 0.3) is 0 Å². The predicted octanol–water partition coefficient (Wildman–Crippen LogP) is 0.315. The van der Waals surface area contributed by atoms with Gasteiger partial charge in [-0.3, -0.25) is 0 Å². The van der Waals surface area contributed by atoms with Crippen molar-refractivity contribution >= 4 is 15.9 Å². The molecule has 2 nitrogen and oxygen atoms in total. The van der Waals surface area contributed by atoms with Crippen molar-refractivity contribution in [2.24, 2.45) is 0 Å². The molecule has 3 heteroatoms. The van der Waals surface area contributed by atoms with Gasteiger partial charge in [0.2, 0.25) is 0 Å². The van der Waals surface area contributed by atoms with Gasteiger partial charge in [0.1, 0.15) is 0 Å². The highest BCUT2D eigenvalue weighted by atomic mass is 31.0. The molecule has 0 saturated heterocycles. The van der Waals surface area contributed by atoms with Crippen LogP contribution >= 0.6 is 9.90 Å². The molecule has 0 amide bonds. The predicted molar refractivity (Wildman–Crippen MR) is 28.9 cm³/mol. The van der Waals surface area contributed by atoms with E-state index in [1.54, 1.807) is 0 Å². The molecular formula is C3H7O2P. The minimum Gasteiger partial charge on any atom is -0.478 e. The zero-order valence-corrected chi connectivity index (χ0v) is 4.76. The molecule has 6 heavy (non-hydrogen) atoms. The molecule has 0 rings (SSSR count). The first-order chi connectivity index (χ1) is 2.27. The van der Waals surface area contributed by atoms with E-state index in [2.05, 4.69) is 6.58 Å². The number of hydrogen-bond acceptors (Lipinski definition) is 1. The van der Waals surface area contributed by atoms with Crippen LogP contribution < -0.4 is 0 Å².